The van der Waals surface area contributed by atoms with Crippen LogP contribution in [0.3, 0.4) is 0 Å². The Balaban J connectivity index is 2.37. The first-order valence-electron chi connectivity index (χ1n) is 4.91. The number of benzene rings is 1. The van der Waals surface area contributed by atoms with E-state index in [-0.39, 0.29) is 0 Å². The Hall–Kier alpha value is -0.960. The largest absolute Gasteiger partial charge is 0.310 e. The molecule has 0 aromatic heterocycles. The van der Waals surface area contributed by atoms with Gasteiger partial charge in [0.25, 0.3) is 0 Å². The number of rotatable bonds is 1. The summed E-state index contributed by atoms with van der Waals surface area (Å²) < 4.78 is 26.2. The second kappa shape index (κ2) is 3.65. The van der Waals surface area contributed by atoms with Crippen LogP contribution in [0.5, 0.6) is 0 Å². The van der Waals surface area contributed by atoms with Crippen LogP contribution in [0.25, 0.3) is 0 Å². The lowest BCUT2D eigenvalue weighted by atomic mass is 9.94. The molecule has 1 unspecified atom stereocenters. The van der Waals surface area contributed by atoms with Gasteiger partial charge in [0.15, 0.2) is 0 Å². The summed E-state index contributed by atoms with van der Waals surface area (Å²) in [6.45, 7) is 2.63. The molecule has 2 rings (SSSR count). The lowest BCUT2D eigenvalue weighted by Crippen LogP contribution is -2.35. The number of hydrogen-bond donors (Lipinski definition) is 1. The van der Waals surface area contributed by atoms with Crippen LogP contribution in [0.4, 0.5) is 8.78 Å². The summed E-state index contributed by atoms with van der Waals surface area (Å²) in [6.07, 6.45) is 1.63. The molecule has 1 atom stereocenters. The predicted molar refractivity (Wildman–Crippen MR) is 51.0 cm³/mol. The molecule has 1 aromatic carbocycles. The summed E-state index contributed by atoms with van der Waals surface area (Å²) in [4.78, 5) is 0. The van der Waals surface area contributed by atoms with Crippen molar-refractivity contribution in [3.63, 3.8) is 0 Å². The molecular formula is C11H13F2N. The van der Waals surface area contributed by atoms with Crippen LogP contribution in [0.1, 0.15) is 24.5 Å². The molecule has 3 heteroatoms. The van der Waals surface area contributed by atoms with Crippen molar-refractivity contribution in [2.45, 2.75) is 32.4 Å². The van der Waals surface area contributed by atoms with E-state index in [0.717, 1.165) is 18.1 Å². The van der Waals surface area contributed by atoms with Gasteiger partial charge in [0.2, 0.25) is 0 Å². The fourth-order valence-electron chi connectivity index (χ4n) is 1.90. The summed E-state index contributed by atoms with van der Waals surface area (Å²) in [5.74, 6) is -0.891. The third kappa shape index (κ3) is 1.64. The number of hydrogen-bond acceptors (Lipinski definition) is 1. The molecule has 1 nitrogen and oxygen atoms in total. The summed E-state index contributed by atoms with van der Waals surface area (Å²) in [5, 5.41) is 3.25. The van der Waals surface area contributed by atoms with Crippen LogP contribution >= 0.6 is 0 Å². The number of halogens is 2. The minimum Gasteiger partial charge on any atom is -0.310 e. The molecule has 1 aliphatic rings. The van der Waals surface area contributed by atoms with Gasteiger partial charge in [0.05, 0.1) is 0 Å². The molecule has 76 valence electrons. The Kier molecular flexibility index (Phi) is 2.50. The summed E-state index contributed by atoms with van der Waals surface area (Å²) in [7, 11) is 0. The molecule has 1 aromatic rings. The van der Waals surface area contributed by atoms with Gasteiger partial charge in [-0.2, -0.15) is 0 Å². The summed E-state index contributed by atoms with van der Waals surface area (Å²) >= 11 is 0. The fraction of sp³-hybridized carbons (Fsp3) is 0.455. The van der Waals surface area contributed by atoms with Crippen LogP contribution in [0.2, 0.25) is 0 Å². The van der Waals surface area contributed by atoms with Crippen molar-refractivity contribution >= 4 is 0 Å². The van der Waals surface area contributed by atoms with E-state index in [1.165, 1.54) is 6.07 Å². The molecule has 0 radical (unpaired) electrons. The van der Waals surface area contributed by atoms with E-state index in [2.05, 4.69) is 12.2 Å². The van der Waals surface area contributed by atoms with Gasteiger partial charge >= 0.3 is 0 Å². The van der Waals surface area contributed by atoms with Crippen LogP contribution in [0.15, 0.2) is 12.1 Å². The first-order chi connectivity index (χ1) is 6.70. The molecule has 0 amide bonds. The highest BCUT2D eigenvalue weighted by molar-refractivity contribution is 5.32. The SMILES string of the molecule is CCC1Cc2c(F)cc(F)cc2CN1. The lowest BCUT2D eigenvalue weighted by molar-refractivity contribution is 0.447. The molecule has 1 aliphatic heterocycles. The highest BCUT2D eigenvalue weighted by Gasteiger charge is 2.20. The van der Waals surface area contributed by atoms with Gasteiger partial charge in [-0.1, -0.05) is 6.92 Å². The highest BCUT2D eigenvalue weighted by Crippen LogP contribution is 2.22. The van der Waals surface area contributed by atoms with Crippen molar-refractivity contribution < 1.29 is 8.78 Å². The Bertz CT molecular complexity index is 349. The van der Waals surface area contributed by atoms with Crippen LogP contribution in [0, 0.1) is 11.6 Å². The number of fused-ring (bicyclic) bond motifs is 1. The van der Waals surface area contributed by atoms with Crippen molar-refractivity contribution in [1.82, 2.24) is 5.32 Å². The average Bonchev–Trinajstić information content (AvgIpc) is 2.17. The van der Waals surface area contributed by atoms with Gasteiger partial charge in [0.1, 0.15) is 11.6 Å². The van der Waals surface area contributed by atoms with Gasteiger partial charge in [-0.25, -0.2) is 8.78 Å². The molecule has 1 N–H and O–H groups in total. The van der Waals surface area contributed by atoms with Crippen LogP contribution in [-0.2, 0) is 13.0 Å². The molecule has 14 heavy (non-hydrogen) atoms. The monoisotopic (exact) mass is 197 g/mol. The zero-order chi connectivity index (χ0) is 10.1. The van der Waals surface area contributed by atoms with Crippen molar-refractivity contribution in [2.24, 2.45) is 0 Å². The van der Waals surface area contributed by atoms with Crippen molar-refractivity contribution in [3.8, 4) is 0 Å². The second-order valence-electron chi connectivity index (χ2n) is 3.72. The van der Waals surface area contributed by atoms with E-state index >= 15 is 0 Å². The van der Waals surface area contributed by atoms with Gasteiger partial charge in [-0.3, -0.25) is 0 Å². The fourth-order valence-corrected chi connectivity index (χ4v) is 1.90. The second-order valence-corrected chi connectivity index (χ2v) is 3.72. The summed E-state index contributed by atoms with van der Waals surface area (Å²) in [5.41, 5.74) is 1.43. The zero-order valence-electron chi connectivity index (χ0n) is 8.11. The van der Waals surface area contributed by atoms with Gasteiger partial charge < -0.3 is 5.32 Å². The third-order valence-electron chi connectivity index (χ3n) is 2.78. The third-order valence-corrected chi connectivity index (χ3v) is 2.78. The number of nitrogens with one attached hydrogen (secondary N) is 1. The van der Waals surface area contributed by atoms with Gasteiger partial charge in [0, 0.05) is 18.7 Å². The lowest BCUT2D eigenvalue weighted by Gasteiger charge is -2.25. The minimum absolute atomic E-state index is 0.322. The maximum atomic E-state index is 13.4. The Morgan fingerprint density at radius 1 is 1.43 bits per heavy atom. The molecule has 0 bridgehead atoms. The molecule has 0 spiro atoms. The zero-order valence-corrected chi connectivity index (χ0v) is 8.11. The smallest absolute Gasteiger partial charge is 0.129 e. The molecule has 1 heterocycles. The van der Waals surface area contributed by atoms with E-state index in [4.69, 9.17) is 0 Å². The first-order valence-corrected chi connectivity index (χ1v) is 4.91. The van der Waals surface area contributed by atoms with Gasteiger partial charge in [-0.15, -0.1) is 0 Å². The van der Waals surface area contributed by atoms with E-state index in [1.807, 2.05) is 0 Å². The molecular weight excluding hydrogens is 184 g/mol. The van der Waals surface area contributed by atoms with Crippen LogP contribution in [-0.4, -0.2) is 6.04 Å². The first kappa shape index (κ1) is 9.59. The topological polar surface area (TPSA) is 12.0 Å². The Labute approximate surface area is 82.1 Å². The van der Waals surface area contributed by atoms with Crippen LogP contribution < -0.4 is 5.32 Å². The van der Waals surface area contributed by atoms with E-state index in [1.54, 1.807) is 0 Å². The predicted octanol–water partition coefficient (Wildman–Crippen LogP) is 2.39. The highest BCUT2D eigenvalue weighted by atomic mass is 19.1. The van der Waals surface area contributed by atoms with Crippen molar-refractivity contribution in [1.29, 1.82) is 0 Å². The molecule has 0 fully saturated rings. The summed E-state index contributed by atoms with van der Waals surface area (Å²) in [6, 6.07) is 2.70. The average molecular weight is 197 g/mol. The maximum absolute atomic E-state index is 13.4. The van der Waals surface area contributed by atoms with Crippen molar-refractivity contribution in [2.75, 3.05) is 0 Å². The quantitative estimate of drug-likeness (QED) is 0.729. The molecule has 0 saturated heterocycles. The standard InChI is InChI=1S/C11H13F2N/c1-2-9-5-10-7(6-14-9)3-8(12)4-11(10)13/h3-4,9,14H,2,5-6H2,1H3. The minimum atomic E-state index is -0.488. The normalized spacial score (nSPS) is 20.6. The molecule has 0 saturated carbocycles. The van der Waals surface area contributed by atoms with E-state index < -0.39 is 11.6 Å². The van der Waals surface area contributed by atoms with Gasteiger partial charge in [-0.05, 0) is 30.0 Å². The van der Waals surface area contributed by atoms with Crippen molar-refractivity contribution in [3.05, 3.63) is 34.9 Å². The Morgan fingerprint density at radius 3 is 2.93 bits per heavy atom. The molecule has 0 aliphatic carbocycles. The Morgan fingerprint density at radius 2 is 2.21 bits per heavy atom. The van der Waals surface area contributed by atoms with E-state index in [0.29, 0.717) is 24.6 Å². The van der Waals surface area contributed by atoms with E-state index in [9.17, 15) is 8.78 Å². The maximum Gasteiger partial charge on any atom is 0.129 e.